The lowest BCUT2D eigenvalue weighted by Crippen LogP contribution is -2.48. The molecule has 0 radical (unpaired) electrons. The van der Waals surface area contributed by atoms with E-state index in [4.69, 9.17) is 16.7 Å². The average Bonchev–Trinajstić information content (AvgIpc) is 3.72. The summed E-state index contributed by atoms with van der Waals surface area (Å²) in [6, 6.07) is 6.51. The molecule has 4 rings (SSSR count). The molecule has 2 aromatic rings. The molecule has 0 aromatic heterocycles. The molecular formula is C26H29ClF3N3O5S. The second kappa shape index (κ2) is 11.3. The van der Waals surface area contributed by atoms with Crippen LogP contribution in [0.5, 0.6) is 0 Å². The Kier molecular flexibility index (Phi) is 8.48. The number of benzene rings is 2. The summed E-state index contributed by atoms with van der Waals surface area (Å²) in [5.74, 6) is -1.02. The van der Waals surface area contributed by atoms with E-state index < -0.39 is 33.6 Å². The Balaban J connectivity index is 1.61. The van der Waals surface area contributed by atoms with Crippen LogP contribution in [0.4, 0.5) is 18.0 Å². The summed E-state index contributed by atoms with van der Waals surface area (Å²) in [4.78, 5) is 27.3. The Bertz CT molecular complexity index is 1370. The van der Waals surface area contributed by atoms with Crippen LogP contribution in [-0.4, -0.2) is 67.3 Å². The Labute approximate surface area is 229 Å². The largest absolute Gasteiger partial charge is 0.465 e. The lowest BCUT2D eigenvalue weighted by atomic mass is 9.93. The number of carbonyl (C=O) groups is 2. The van der Waals surface area contributed by atoms with Gasteiger partial charge in [-0.25, -0.2) is 13.2 Å². The lowest BCUT2D eigenvalue weighted by molar-refractivity contribution is -0.138. The molecule has 2 amide bonds. The number of hydrogen-bond acceptors (Lipinski definition) is 5. The van der Waals surface area contributed by atoms with Crippen LogP contribution in [0, 0.1) is 0 Å². The van der Waals surface area contributed by atoms with Gasteiger partial charge >= 0.3 is 12.3 Å². The summed E-state index contributed by atoms with van der Waals surface area (Å²) in [6.07, 6.45) is -4.35. The molecule has 0 spiro atoms. The molecule has 212 valence electrons. The van der Waals surface area contributed by atoms with Crippen LogP contribution in [0.1, 0.15) is 58.3 Å². The number of carbonyl (C=O) groups excluding carboxylic acids is 1. The predicted molar refractivity (Wildman–Crippen MR) is 139 cm³/mol. The maximum atomic E-state index is 14.3. The zero-order valence-electron chi connectivity index (χ0n) is 21.2. The van der Waals surface area contributed by atoms with Crippen molar-refractivity contribution in [2.45, 2.75) is 49.8 Å². The van der Waals surface area contributed by atoms with Crippen molar-refractivity contribution >= 4 is 33.4 Å². The Hall–Kier alpha value is -2.83. The highest BCUT2D eigenvalue weighted by Gasteiger charge is 2.39. The molecule has 1 heterocycles. The quantitative estimate of drug-likeness (QED) is 0.461. The number of hydrogen-bond donors (Lipinski definition) is 2. The summed E-state index contributed by atoms with van der Waals surface area (Å²) < 4.78 is 67.8. The zero-order chi connectivity index (χ0) is 28.5. The lowest BCUT2D eigenvalue weighted by Gasteiger charge is -2.34. The number of sulfone groups is 1. The van der Waals surface area contributed by atoms with Crippen LogP contribution < -0.4 is 5.32 Å². The third-order valence-corrected chi connectivity index (χ3v) is 9.13. The van der Waals surface area contributed by atoms with Gasteiger partial charge in [-0.1, -0.05) is 18.5 Å². The van der Waals surface area contributed by atoms with Gasteiger partial charge in [0, 0.05) is 49.9 Å². The van der Waals surface area contributed by atoms with E-state index in [0.717, 1.165) is 6.07 Å². The Morgan fingerprint density at radius 1 is 1.10 bits per heavy atom. The molecule has 39 heavy (non-hydrogen) atoms. The number of carboxylic acid groups (broad SMARTS) is 1. The summed E-state index contributed by atoms with van der Waals surface area (Å²) in [5.41, 5.74) is -0.238. The highest BCUT2D eigenvalue weighted by Crippen LogP contribution is 2.46. The van der Waals surface area contributed by atoms with Crippen molar-refractivity contribution in [2.24, 2.45) is 0 Å². The normalized spacial score (nSPS) is 16.8. The smallest absolute Gasteiger partial charge is 0.416 e. The van der Waals surface area contributed by atoms with Crippen LogP contribution in [0.25, 0.3) is 0 Å². The molecule has 1 aliphatic heterocycles. The highest BCUT2D eigenvalue weighted by atomic mass is 35.5. The molecule has 0 atom stereocenters. The summed E-state index contributed by atoms with van der Waals surface area (Å²) in [6.45, 7) is 2.26. The Morgan fingerprint density at radius 2 is 1.77 bits per heavy atom. The minimum absolute atomic E-state index is 0.00249. The predicted octanol–water partition coefficient (Wildman–Crippen LogP) is 4.76. The number of nitrogens with one attached hydrogen (secondary N) is 1. The molecule has 13 heteroatoms. The van der Waals surface area contributed by atoms with Crippen LogP contribution >= 0.6 is 11.6 Å². The minimum atomic E-state index is -4.71. The van der Waals surface area contributed by atoms with Gasteiger partial charge in [-0.05, 0) is 65.8 Å². The van der Waals surface area contributed by atoms with Crippen molar-refractivity contribution in [3.05, 3.63) is 63.2 Å². The first-order valence-corrected chi connectivity index (χ1v) is 14.6. The van der Waals surface area contributed by atoms with E-state index in [1.807, 2.05) is 0 Å². The summed E-state index contributed by atoms with van der Waals surface area (Å²) in [5, 5.41) is 12.0. The number of rotatable bonds is 8. The van der Waals surface area contributed by atoms with Crippen molar-refractivity contribution in [3.8, 4) is 0 Å². The van der Waals surface area contributed by atoms with Gasteiger partial charge in [0.2, 0.25) is 0 Å². The zero-order valence-corrected chi connectivity index (χ0v) is 22.8. The molecule has 2 N–H and O–H groups in total. The minimum Gasteiger partial charge on any atom is -0.465 e. The van der Waals surface area contributed by atoms with Gasteiger partial charge in [0.25, 0.3) is 5.91 Å². The van der Waals surface area contributed by atoms with Crippen molar-refractivity contribution < 1.29 is 36.3 Å². The fourth-order valence-electron chi connectivity index (χ4n) is 4.76. The summed E-state index contributed by atoms with van der Waals surface area (Å²) >= 11 is 6.03. The second-order valence-electron chi connectivity index (χ2n) is 9.75. The van der Waals surface area contributed by atoms with Crippen molar-refractivity contribution in [3.63, 3.8) is 0 Å². The van der Waals surface area contributed by atoms with Gasteiger partial charge in [0.15, 0.2) is 9.84 Å². The van der Waals surface area contributed by atoms with Crippen molar-refractivity contribution in [1.82, 2.24) is 15.1 Å². The summed E-state index contributed by atoms with van der Waals surface area (Å²) in [7, 11) is -3.62. The molecule has 0 bridgehead atoms. The van der Waals surface area contributed by atoms with Gasteiger partial charge in [0.05, 0.1) is 16.2 Å². The molecule has 1 saturated carbocycles. The van der Waals surface area contributed by atoms with Gasteiger partial charge < -0.3 is 15.3 Å². The Morgan fingerprint density at radius 3 is 2.33 bits per heavy atom. The molecule has 8 nitrogen and oxygen atoms in total. The van der Waals surface area contributed by atoms with Crippen molar-refractivity contribution in [2.75, 3.05) is 31.9 Å². The van der Waals surface area contributed by atoms with E-state index in [1.165, 1.54) is 36.1 Å². The van der Waals surface area contributed by atoms with Gasteiger partial charge in [0.1, 0.15) is 0 Å². The number of amides is 2. The molecular weight excluding hydrogens is 559 g/mol. The van der Waals surface area contributed by atoms with Crippen LogP contribution in [-0.2, 0) is 29.1 Å². The first-order valence-electron chi connectivity index (χ1n) is 12.5. The monoisotopic (exact) mass is 587 g/mol. The topological polar surface area (TPSA) is 107 Å². The molecule has 1 aliphatic carbocycles. The van der Waals surface area contributed by atoms with Gasteiger partial charge in [-0.3, -0.25) is 9.69 Å². The number of alkyl halides is 3. The van der Waals surface area contributed by atoms with E-state index in [9.17, 15) is 31.2 Å². The highest BCUT2D eigenvalue weighted by molar-refractivity contribution is 7.91. The molecule has 2 aliphatic rings. The van der Waals surface area contributed by atoms with E-state index in [0.29, 0.717) is 31.5 Å². The molecule has 2 aromatic carbocycles. The number of halogens is 4. The molecule has 2 fully saturated rings. The standard InChI is InChI=1S/C26H29ClF3N3O5S/c1-2-39(37,38)23-6-5-19(27)11-18(23)14-31-24(34)17-12-20(16-3-4-16)21(22(13-17)26(28,29)30)15-32-7-9-33(10-8-32)25(35)36/h5-6,11-13,16H,2-4,7-10,14-15H2,1H3,(H,31,34)(H,35,36). The maximum Gasteiger partial charge on any atom is 0.416 e. The SMILES string of the molecule is CCS(=O)(=O)c1ccc(Cl)cc1CNC(=O)c1cc(C2CC2)c(CN2CCN(C(=O)O)CC2)c(C(F)(F)F)c1. The van der Waals surface area contributed by atoms with E-state index in [2.05, 4.69) is 5.32 Å². The van der Waals surface area contributed by atoms with Crippen molar-refractivity contribution in [1.29, 1.82) is 0 Å². The maximum absolute atomic E-state index is 14.3. The fourth-order valence-corrected chi connectivity index (χ4v) is 6.07. The average molecular weight is 588 g/mol. The third kappa shape index (κ3) is 6.85. The van der Waals surface area contributed by atoms with E-state index in [-0.39, 0.29) is 64.5 Å². The van der Waals surface area contributed by atoms with Gasteiger partial charge in [-0.2, -0.15) is 13.2 Å². The van der Waals surface area contributed by atoms with Crippen LogP contribution in [0.3, 0.4) is 0 Å². The van der Waals surface area contributed by atoms with E-state index >= 15 is 0 Å². The number of piperazine rings is 1. The molecule has 0 unspecified atom stereocenters. The van der Waals surface area contributed by atoms with Crippen LogP contribution in [0.2, 0.25) is 5.02 Å². The van der Waals surface area contributed by atoms with E-state index in [1.54, 1.807) is 4.90 Å². The van der Waals surface area contributed by atoms with Crippen LogP contribution in [0.15, 0.2) is 35.2 Å². The van der Waals surface area contributed by atoms with Gasteiger partial charge in [-0.15, -0.1) is 0 Å². The third-order valence-electron chi connectivity index (χ3n) is 7.07. The first kappa shape index (κ1) is 29.2. The molecule has 1 saturated heterocycles. The fraction of sp³-hybridized carbons (Fsp3) is 0.462. The number of nitrogens with zero attached hydrogens (tertiary/aromatic N) is 2. The second-order valence-corrected chi connectivity index (χ2v) is 12.4. The first-order chi connectivity index (χ1) is 18.3.